The van der Waals surface area contributed by atoms with Gasteiger partial charge in [0.2, 0.25) is 5.91 Å². The first kappa shape index (κ1) is 23.5. The van der Waals surface area contributed by atoms with Crippen molar-refractivity contribution in [3.63, 3.8) is 0 Å². The lowest BCUT2D eigenvalue weighted by Gasteiger charge is -2.27. The van der Waals surface area contributed by atoms with Gasteiger partial charge in [0.05, 0.1) is 30.0 Å². The normalized spacial score (nSPS) is 19.6. The van der Waals surface area contributed by atoms with E-state index in [0.29, 0.717) is 30.7 Å². The number of benzene rings is 2. The fourth-order valence-electron chi connectivity index (χ4n) is 5.52. The molecule has 1 spiro atoms. The predicted molar refractivity (Wildman–Crippen MR) is 141 cm³/mol. The summed E-state index contributed by atoms with van der Waals surface area (Å²) in [5.41, 5.74) is 5.46. The van der Waals surface area contributed by atoms with Gasteiger partial charge in [-0.15, -0.1) is 0 Å². The summed E-state index contributed by atoms with van der Waals surface area (Å²) in [5, 5.41) is 25.8. The van der Waals surface area contributed by atoms with E-state index in [9.17, 15) is 14.9 Å². The molecule has 38 heavy (non-hydrogen) atoms. The van der Waals surface area contributed by atoms with Gasteiger partial charge in [-0.3, -0.25) is 4.79 Å². The van der Waals surface area contributed by atoms with Crippen molar-refractivity contribution < 1.29 is 19.4 Å². The third kappa shape index (κ3) is 4.08. The molecule has 1 fully saturated rings. The van der Waals surface area contributed by atoms with E-state index in [2.05, 4.69) is 22.6 Å². The number of hydrogen-bond donors (Lipinski definition) is 2. The summed E-state index contributed by atoms with van der Waals surface area (Å²) in [6, 6.07) is 19.2. The average Bonchev–Trinajstić information content (AvgIpc) is 3.48. The Morgan fingerprint density at radius 3 is 2.97 bits per heavy atom. The Balaban J connectivity index is 1.29. The van der Waals surface area contributed by atoms with Crippen LogP contribution in [0.5, 0.6) is 5.75 Å². The number of carboxylic acid groups (broad SMARTS) is 1. The Hall–Kier alpha value is -4.90. The number of aliphatic carboxylic acids is 1. The zero-order chi connectivity index (χ0) is 26.3. The minimum absolute atomic E-state index is 0.113. The number of rotatable bonds is 6. The summed E-state index contributed by atoms with van der Waals surface area (Å²) in [4.78, 5) is 24.4. The van der Waals surface area contributed by atoms with E-state index in [0.717, 1.165) is 46.0 Å². The number of allylic oxidation sites excluding steroid dienone is 1. The zero-order valence-corrected chi connectivity index (χ0v) is 20.4. The summed E-state index contributed by atoms with van der Waals surface area (Å²) >= 11 is 0. The van der Waals surface area contributed by atoms with Crippen molar-refractivity contribution in [2.24, 2.45) is 5.92 Å². The monoisotopic (exact) mass is 504 g/mol. The largest absolute Gasteiger partial charge is 0.493 e. The third-order valence-electron chi connectivity index (χ3n) is 7.55. The minimum atomic E-state index is -1.04. The molecule has 2 aromatic carbocycles. The molecule has 1 saturated carbocycles. The molecule has 8 heteroatoms. The highest BCUT2D eigenvalue weighted by atomic mass is 16.5. The quantitative estimate of drug-likeness (QED) is 0.367. The van der Waals surface area contributed by atoms with Crippen LogP contribution in [-0.4, -0.2) is 33.2 Å². The fourth-order valence-corrected chi connectivity index (χ4v) is 5.52. The van der Waals surface area contributed by atoms with Crippen LogP contribution in [0.4, 0.5) is 5.69 Å². The van der Waals surface area contributed by atoms with Crippen LogP contribution in [-0.2, 0) is 21.4 Å². The van der Waals surface area contributed by atoms with Gasteiger partial charge in [-0.2, -0.15) is 10.4 Å². The standard InChI is InChI=1S/C30H24N4O4/c31-17-19-7-8-20(4-3-6-28(35)36)25(14-19)33-29(37)24-16-30(24)11-13-38-27-10-9-21(15-23(27)30)22-18-32-34-12-2-1-5-26(22)34/h1-3,5-10,12,14-15,18,24H,4,11,13,16H2,(H,33,37)(H,35,36)/t24-,30-/m0/s1. The molecule has 188 valence electrons. The Kier molecular flexibility index (Phi) is 5.69. The van der Waals surface area contributed by atoms with E-state index in [4.69, 9.17) is 9.84 Å². The number of anilines is 1. The summed E-state index contributed by atoms with van der Waals surface area (Å²) in [6.07, 6.45) is 8.13. The lowest BCUT2D eigenvalue weighted by atomic mass is 9.85. The van der Waals surface area contributed by atoms with E-state index >= 15 is 0 Å². The number of carbonyl (C=O) groups excluding carboxylic acids is 1. The highest BCUT2D eigenvalue weighted by Gasteiger charge is 2.61. The highest BCUT2D eigenvalue weighted by molar-refractivity contribution is 5.97. The number of ether oxygens (including phenoxy) is 1. The number of aromatic nitrogens is 2. The molecule has 2 aromatic heterocycles. The molecule has 2 atom stereocenters. The molecular weight excluding hydrogens is 480 g/mol. The van der Waals surface area contributed by atoms with Crippen LogP contribution in [0.2, 0.25) is 0 Å². The average molecular weight is 505 g/mol. The topological polar surface area (TPSA) is 117 Å². The molecule has 0 radical (unpaired) electrons. The highest BCUT2D eigenvalue weighted by Crippen LogP contribution is 2.61. The summed E-state index contributed by atoms with van der Waals surface area (Å²) in [6.45, 7) is 0.544. The van der Waals surface area contributed by atoms with E-state index in [1.165, 1.54) is 6.08 Å². The molecule has 0 unspecified atom stereocenters. The second-order valence-electron chi connectivity index (χ2n) is 9.73. The number of amides is 1. The maximum absolute atomic E-state index is 13.5. The third-order valence-corrected chi connectivity index (χ3v) is 7.55. The molecule has 1 aliphatic carbocycles. The number of fused-ring (bicyclic) bond motifs is 3. The van der Waals surface area contributed by atoms with Gasteiger partial charge in [0.15, 0.2) is 0 Å². The molecule has 0 bridgehead atoms. The number of nitriles is 1. The molecular formula is C30H24N4O4. The Morgan fingerprint density at radius 2 is 2.13 bits per heavy atom. The van der Waals surface area contributed by atoms with Crippen LogP contribution in [0.1, 0.15) is 29.5 Å². The van der Waals surface area contributed by atoms with Gasteiger partial charge in [-0.25, -0.2) is 9.31 Å². The van der Waals surface area contributed by atoms with Gasteiger partial charge in [-0.1, -0.05) is 24.3 Å². The molecule has 4 aromatic rings. The molecule has 0 saturated heterocycles. The van der Waals surface area contributed by atoms with Crippen LogP contribution < -0.4 is 10.1 Å². The van der Waals surface area contributed by atoms with Gasteiger partial charge in [0, 0.05) is 40.4 Å². The van der Waals surface area contributed by atoms with E-state index in [1.54, 1.807) is 18.2 Å². The van der Waals surface area contributed by atoms with Crippen molar-refractivity contribution in [1.82, 2.24) is 9.61 Å². The molecule has 8 nitrogen and oxygen atoms in total. The molecule has 3 heterocycles. The van der Waals surface area contributed by atoms with Crippen LogP contribution in [0, 0.1) is 17.2 Å². The Labute approximate surface area is 218 Å². The van der Waals surface area contributed by atoms with Crippen molar-refractivity contribution in [1.29, 1.82) is 5.26 Å². The fraction of sp³-hybridized carbons (Fsp3) is 0.200. The number of hydrogen-bond acceptors (Lipinski definition) is 5. The number of nitrogens with one attached hydrogen (secondary N) is 1. The summed E-state index contributed by atoms with van der Waals surface area (Å²) in [7, 11) is 0. The second kappa shape index (κ2) is 9.20. The first-order valence-corrected chi connectivity index (χ1v) is 12.4. The minimum Gasteiger partial charge on any atom is -0.493 e. The van der Waals surface area contributed by atoms with E-state index in [-0.39, 0.29) is 17.2 Å². The summed E-state index contributed by atoms with van der Waals surface area (Å²) < 4.78 is 7.81. The first-order valence-electron chi connectivity index (χ1n) is 12.4. The van der Waals surface area contributed by atoms with Crippen LogP contribution >= 0.6 is 0 Å². The lowest BCUT2D eigenvalue weighted by Crippen LogP contribution is -2.27. The maximum atomic E-state index is 13.5. The molecule has 1 aliphatic heterocycles. The van der Waals surface area contributed by atoms with Crippen molar-refractivity contribution >= 4 is 23.1 Å². The first-order chi connectivity index (χ1) is 18.5. The van der Waals surface area contributed by atoms with Crippen LogP contribution in [0.15, 0.2) is 79.1 Å². The molecule has 1 amide bonds. The van der Waals surface area contributed by atoms with E-state index < -0.39 is 5.97 Å². The van der Waals surface area contributed by atoms with Gasteiger partial charge in [0.25, 0.3) is 0 Å². The van der Waals surface area contributed by atoms with E-state index in [1.807, 2.05) is 47.2 Å². The number of nitrogens with zero attached hydrogens (tertiary/aromatic N) is 3. The van der Waals surface area contributed by atoms with Crippen molar-refractivity contribution in [2.45, 2.75) is 24.7 Å². The molecule has 6 rings (SSSR count). The van der Waals surface area contributed by atoms with Gasteiger partial charge in [-0.05, 0) is 66.8 Å². The van der Waals surface area contributed by atoms with Gasteiger partial charge < -0.3 is 15.2 Å². The smallest absolute Gasteiger partial charge is 0.327 e. The zero-order valence-electron chi connectivity index (χ0n) is 20.4. The van der Waals surface area contributed by atoms with Gasteiger partial charge >= 0.3 is 5.97 Å². The number of carbonyl (C=O) groups is 2. The summed E-state index contributed by atoms with van der Waals surface area (Å²) in [5.74, 6) is -0.584. The molecule has 2 aliphatic rings. The van der Waals surface area contributed by atoms with Crippen molar-refractivity contribution in [3.8, 4) is 22.9 Å². The number of carboxylic acids is 1. The maximum Gasteiger partial charge on any atom is 0.327 e. The number of pyridine rings is 1. The van der Waals surface area contributed by atoms with Crippen LogP contribution in [0.25, 0.3) is 16.6 Å². The predicted octanol–water partition coefficient (Wildman–Crippen LogP) is 4.74. The Morgan fingerprint density at radius 1 is 1.24 bits per heavy atom. The SMILES string of the molecule is N#Cc1ccc(CC=CC(=O)O)c(NC(=O)[C@@H]2C[C@]23CCOc2ccc(-c4cnn5ccccc45)cc23)c1. The second-order valence-corrected chi connectivity index (χ2v) is 9.73. The van der Waals surface area contributed by atoms with Crippen LogP contribution in [0.3, 0.4) is 0 Å². The Bertz CT molecular complexity index is 1660. The lowest BCUT2D eigenvalue weighted by molar-refractivity contribution is -0.131. The van der Waals surface area contributed by atoms with Crippen molar-refractivity contribution in [3.05, 3.63) is 95.8 Å². The molecule has 2 N–H and O–H groups in total. The van der Waals surface area contributed by atoms with Crippen molar-refractivity contribution in [2.75, 3.05) is 11.9 Å². The van der Waals surface area contributed by atoms with Gasteiger partial charge in [0.1, 0.15) is 5.75 Å².